The Morgan fingerprint density at radius 1 is 1.69 bits per heavy atom. The van der Waals surface area contributed by atoms with Crippen LogP contribution in [-0.4, -0.2) is 36.9 Å². The van der Waals surface area contributed by atoms with Crippen LogP contribution in [0.15, 0.2) is 17.3 Å². The molecule has 0 saturated carbocycles. The minimum Gasteiger partial charge on any atom is -0.392 e. The molecule has 2 unspecified atom stereocenters. The first-order valence-corrected chi connectivity index (χ1v) is 4.92. The Hall–Kier alpha value is -0.830. The van der Waals surface area contributed by atoms with Gasteiger partial charge >= 0.3 is 0 Å². The van der Waals surface area contributed by atoms with Gasteiger partial charge in [0.15, 0.2) is 0 Å². The summed E-state index contributed by atoms with van der Waals surface area (Å²) in [7, 11) is 0. The monoisotopic (exact) mass is 180 g/mol. The highest BCUT2D eigenvalue weighted by molar-refractivity contribution is 5.91. The lowest BCUT2D eigenvalue weighted by atomic mass is 10.0. The van der Waals surface area contributed by atoms with E-state index >= 15 is 0 Å². The average Bonchev–Trinajstić information content (AvgIpc) is 2.73. The van der Waals surface area contributed by atoms with Gasteiger partial charge in [-0.2, -0.15) is 0 Å². The van der Waals surface area contributed by atoms with E-state index in [2.05, 4.69) is 10.1 Å². The lowest BCUT2D eigenvalue weighted by Gasteiger charge is -2.12. The van der Waals surface area contributed by atoms with Crippen LogP contribution in [0.5, 0.6) is 0 Å². The molecule has 0 aromatic heterocycles. The maximum Gasteiger partial charge on any atom is 0.135 e. The lowest BCUT2D eigenvalue weighted by molar-refractivity contribution is 0.172. The summed E-state index contributed by atoms with van der Waals surface area (Å²) in [5, 5.41) is 4.17. The van der Waals surface area contributed by atoms with Crippen LogP contribution in [0.25, 0.3) is 0 Å². The van der Waals surface area contributed by atoms with Gasteiger partial charge in [0.2, 0.25) is 0 Å². The molecule has 2 atom stereocenters. The number of piperidine rings is 1. The Labute approximate surface area is 79.0 Å². The maximum absolute atomic E-state index is 5.19. The van der Waals surface area contributed by atoms with Gasteiger partial charge in [-0.05, 0) is 26.0 Å². The minimum atomic E-state index is 0.604. The van der Waals surface area contributed by atoms with Crippen molar-refractivity contribution < 1.29 is 4.84 Å². The second-order valence-electron chi connectivity index (χ2n) is 3.67. The average molecular weight is 180 g/mol. The number of nitrogens with zero attached hydrogens (tertiary/aromatic N) is 2. The standard InChI is InChI=1S/C10H16N2O/c1-2-3-6-13-11-10-8-12-5-4-9(10)7-12/h2-3,9H,4-8H2,1H3/b3-2+,11-10?. The third-order valence-corrected chi connectivity index (χ3v) is 2.72. The van der Waals surface area contributed by atoms with E-state index in [1.165, 1.54) is 25.2 Å². The van der Waals surface area contributed by atoms with Gasteiger partial charge in [0.05, 0.1) is 5.71 Å². The molecule has 0 aromatic carbocycles. The number of fused-ring (bicyclic) bond motifs is 2. The molecule has 3 nitrogen and oxygen atoms in total. The van der Waals surface area contributed by atoms with E-state index in [1.54, 1.807) is 0 Å². The molecule has 2 aliphatic rings. The molecule has 0 N–H and O–H groups in total. The zero-order valence-electron chi connectivity index (χ0n) is 8.07. The zero-order valence-corrected chi connectivity index (χ0v) is 8.07. The summed E-state index contributed by atoms with van der Waals surface area (Å²) in [6.45, 7) is 6.07. The first kappa shape index (κ1) is 8.75. The summed E-state index contributed by atoms with van der Waals surface area (Å²) < 4.78 is 0. The molecule has 2 rings (SSSR count). The summed E-state index contributed by atoms with van der Waals surface area (Å²) in [5.74, 6) is 0.686. The van der Waals surface area contributed by atoms with Crippen LogP contribution < -0.4 is 0 Å². The van der Waals surface area contributed by atoms with Gasteiger partial charge in [0.1, 0.15) is 6.61 Å². The molecule has 2 heterocycles. The van der Waals surface area contributed by atoms with Crippen molar-refractivity contribution >= 4 is 5.71 Å². The third-order valence-electron chi connectivity index (χ3n) is 2.72. The first-order valence-electron chi connectivity index (χ1n) is 4.92. The van der Waals surface area contributed by atoms with Crippen LogP contribution in [-0.2, 0) is 4.84 Å². The molecule has 3 heteroatoms. The van der Waals surface area contributed by atoms with Gasteiger partial charge in [-0.1, -0.05) is 11.2 Å². The Morgan fingerprint density at radius 2 is 2.62 bits per heavy atom. The number of hydrogen-bond donors (Lipinski definition) is 0. The highest BCUT2D eigenvalue weighted by Gasteiger charge is 2.35. The summed E-state index contributed by atoms with van der Waals surface area (Å²) in [4.78, 5) is 7.62. The van der Waals surface area contributed by atoms with E-state index in [4.69, 9.17) is 4.84 Å². The predicted molar refractivity (Wildman–Crippen MR) is 52.7 cm³/mol. The van der Waals surface area contributed by atoms with Crippen LogP contribution in [0.2, 0.25) is 0 Å². The Kier molecular flexibility index (Phi) is 2.64. The minimum absolute atomic E-state index is 0.604. The van der Waals surface area contributed by atoms with Gasteiger partial charge in [-0.25, -0.2) is 0 Å². The molecule has 2 aliphatic heterocycles. The number of hydrogen-bond acceptors (Lipinski definition) is 3. The molecule has 0 aromatic rings. The van der Waals surface area contributed by atoms with Crippen LogP contribution in [0.4, 0.5) is 0 Å². The van der Waals surface area contributed by atoms with Crippen LogP contribution in [0, 0.1) is 5.92 Å². The fraction of sp³-hybridized carbons (Fsp3) is 0.700. The van der Waals surface area contributed by atoms with Gasteiger partial charge in [0, 0.05) is 19.0 Å². The molecule has 2 fully saturated rings. The highest BCUT2D eigenvalue weighted by Crippen LogP contribution is 2.25. The lowest BCUT2D eigenvalue weighted by Crippen LogP contribution is -2.23. The largest absolute Gasteiger partial charge is 0.392 e. The molecule has 2 saturated heterocycles. The van der Waals surface area contributed by atoms with Crippen molar-refractivity contribution in [1.82, 2.24) is 4.90 Å². The van der Waals surface area contributed by atoms with E-state index in [1.807, 2.05) is 19.1 Å². The van der Waals surface area contributed by atoms with Crippen LogP contribution in [0.3, 0.4) is 0 Å². The molecular formula is C10H16N2O. The summed E-state index contributed by atoms with van der Waals surface area (Å²) in [6.07, 6.45) is 5.22. The van der Waals surface area contributed by atoms with Crippen molar-refractivity contribution in [2.75, 3.05) is 26.2 Å². The van der Waals surface area contributed by atoms with Crippen molar-refractivity contribution in [2.24, 2.45) is 11.1 Å². The van der Waals surface area contributed by atoms with Crippen molar-refractivity contribution in [3.63, 3.8) is 0 Å². The molecule has 0 radical (unpaired) electrons. The molecule has 0 amide bonds. The number of allylic oxidation sites excluding steroid dienone is 1. The molecule has 13 heavy (non-hydrogen) atoms. The molecule has 0 aliphatic carbocycles. The van der Waals surface area contributed by atoms with Crippen LogP contribution >= 0.6 is 0 Å². The predicted octanol–water partition coefficient (Wildman–Crippen LogP) is 1.27. The number of rotatable bonds is 3. The van der Waals surface area contributed by atoms with E-state index in [9.17, 15) is 0 Å². The van der Waals surface area contributed by atoms with Crippen molar-refractivity contribution in [2.45, 2.75) is 13.3 Å². The van der Waals surface area contributed by atoms with E-state index < -0.39 is 0 Å². The molecule has 2 bridgehead atoms. The van der Waals surface area contributed by atoms with Crippen molar-refractivity contribution in [1.29, 1.82) is 0 Å². The fourth-order valence-corrected chi connectivity index (χ4v) is 1.97. The third kappa shape index (κ3) is 1.91. The van der Waals surface area contributed by atoms with Gasteiger partial charge in [-0.3, -0.25) is 4.90 Å². The Bertz CT molecular complexity index is 235. The molecule has 72 valence electrons. The molecule has 0 spiro atoms. The maximum atomic E-state index is 5.19. The van der Waals surface area contributed by atoms with E-state index in [0.29, 0.717) is 12.5 Å². The Morgan fingerprint density at radius 3 is 3.23 bits per heavy atom. The van der Waals surface area contributed by atoms with Gasteiger partial charge in [-0.15, -0.1) is 0 Å². The van der Waals surface area contributed by atoms with E-state index in [0.717, 1.165) is 6.54 Å². The van der Waals surface area contributed by atoms with Crippen molar-refractivity contribution in [3.05, 3.63) is 12.2 Å². The molecular weight excluding hydrogens is 164 g/mol. The summed E-state index contributed by atoms with van der Waals surface area (Å²) in [6, 6.07) is 0. The highest BCUT2D eigenvalue weighted by atomic mass is 16.6. The quantitative estimate of drug-likeness (QED) is 0.371. The topological polar surface area (TPSA) is 24.8 Å². The second-order valence-corrected chi connectivity index (χ2v) is 3.67. The van der Waals surface area contributed by atoms with E-state index in [-0.39, 0.29) is 0 Å². The smallest absolute Gasteiger partial charge is 0.135 e. The SMILES string of the molecule is C/C=C/CON=C1CN2CCC1C2. The van der Waals surface area contributed by atoms with Gasteiger partial charge < -0.3 is 4.84 Å². The Balaban J connectivity index is 1.81. The van der Waals surface area contributed by atoms with Gasteiger partial charge in [0.25, 0.3) is 0 Å². The van der Waals surface area contributed by atoms with Crippen molar-refractivity contribution in [3.8, 4) is 0 Å². The number of oxime groups is 1. The summed E-state index contributed by atoms with van der Waals surface area (Å²) in [5.41, 5.74) is 1.25. The second kappa shape index (κ2) is 3.92. The first-order chi connectivity index (χ1) is 6.40. The normalized spacial score (nSPS) is 35.0. The fourth-order valence-electron chi connectivity index (χ4n) is 1.97. The van der Waals surface area contributed by atoms with Crippen LogP contribution in [0.1, 0.15) is 13.3 Å². The summed E-state index contributed by atoms with van der Waals surface area (Å²) >= 11 is 0. The zero-order chi connectivity index (χ0) is 9.10.